The van der Waals surface area contributed by atoms with Crippen LogP contribution in [-0.4, -0.2) is 4.98 Å². The molecule has 0 bridgehead atoms. The van der Waals surface area contributed by atoms with E-state index in [0.717, 1.165) is 21.4 Å². The van der Waals surface area contributed by atoms with Gasteiger partial charge in [0.2, 0.25) is 0 Å². The minimum Gasteiger partial charge on any atom is -0.251 e. The van der Waals surface area contributed by atoms with Gasteiger partial charge in [0, 0.05) is 21.7 Å². The second-order valence-electron chi connectivity index (χ2n) is 5.02. The molecule has 0 spiro atoms. The van der Waals surface area contributed by atoms with Crippen molar-refractivity contribution in [3.63, 3.8) is 0 Å². The number of pyridine rings is 1. The van der Waals surface area contributed by atoms with Crippen LogP contribution in [0.2, 0.25) is 0 Å². The summed E-state index contributed by atoms with van der Waals surface area (Å²) in [5.74, 6) is 1.03. The van der Waals surface area contributed by atoms with Crippen LogP contribution in [0.15, 0.2) is 25.3 Å². The van der Waals surface area contributed by atoms with Crippen molar-refractivity contribution >= 4 is 26.5 Å². The molecule has 1 heterocycles. The second-order valence-corrected chi connectivity index (χ2v) is 5.98. The summed E-state index contributed by atoms with van der Waals surface area (Å²) < 4.78 is 0.806. The van der Waals surface area contributed by atoms with Crippen LogP contribution in [0.1, 0.15) is 63.9 Å². The average molecular weight is 324 g/mol. The van der Waals surface area contributed by atoms with Gasteiger partial charge in [-0.15, -0.1) is 0 Å². The summed E-state index contributed by atoms with van der Waals surface area (Å²) in [4.78, 5) is 4.65. The molecule has 1 rings (SSSR count). The van der Waals surface area contributed by atoms with Crippen molar-refractivity contribution < 1.29 is 0 Å². The van der Waals surface area contributed by atoms with E-state index in [1.165, 1.54) is 6.42 Å². The van der Waals surface area contributed by atoms with Crippen LogP contribution >= 0.6 is 15.9 Å². The van der Waals surface area contributed by atoms with Crippen LogP contribution < -0.4 is 0 Å². The van der Waals surface area contributed by atoms with E-state index in [0.29, 0.717) is 11.8 Å². The number of halogens is 1. The van der Waals surface area contributed by atoms with Crippen LogP contribution in [0.5, 0.6) is 0 Å². The molecular formula is C17H26BrN. The summed E-state index contributed by atoms with van der Waals surface area (Å²) in [7, 11) is 0. The molecular weight excluding hydrogens is 298 g/mol. The molecule has 1 unspecified atom stereocenters. The molecule has 0 saturated carbocycles. The zero-order valence-corrected chi connectivity index (χ0v) is 14.4. The van der Waals surface area contributed by atoms with Gasteiger partial charge in [-0.05, 0) is 27.9 Å². The molecule has 1 aromatic heterocycles. The second kappa shape index (κ2) is 9.08. The molecule has 1 aromatic rings. The fraction of sp³-hybridized carbons (Fsp3) is 0.471. The summed E-state index contributed by atoms with van der Waals surface area (Å²) in [6, 6.07) is 4.12. The van der Waals surface area contributed by atoms with Crippen LogP contribution in [0.4, 0.5) is 0 Å². The van der Waals surface area contributed by atoms with Crippen LogP contribution in [-0.2, 0) is 0 Å². The molecule has 0 saturated heterocycles. The average Bonchev–Trinajstić information content (AvgIpc) is 2.37. The summed E-state index contributed by atoms with van der Waals surface area (Å²) in [5.41, 5.74) is 3.01. The molecule has 2 heteroatoms. The van der Waals surface area contributed by atoms with E-state index in [2.05, 4.69) is 80.8 Å². The van der Waals surface area contributed by atoms with Gasteiger partial charge in [0.1, 0.15) is 0 Å². The smallest absolute Gasteiger partial charge is 0.0841 e. The summed E-state index contributed by atoms with van der Waals surface area (Å²) in [5, 5.41) is 0. The van der Waals surface area contributed by atoms with Crippen LogP contribution in [0.3, 0.4) is 0 Å². The van der Waals surface area contributed by atoms with E-state index in [1.54, 1.807) is 6.08 Å². The van der Waals surface area contributed by atoms with E-state index in [-0.39, 0.29) is 0 Å². The van der Waals surface area contributed by atoms with E-state index >= 15 is 0 Å². The Kier molecular flexibility index (Phi) is 8.66. The minimum atomic E-state index is 0.449. The van der Waals surface area contributed by atoms with Gasteiger partial charge in [-0.25, -0.2) is 0 Å². The highest BCUT2D eigenvalue weighted by atomic mass is 79.9. The lowest BCUT2D eigenvalue weighted by atomic mass is 9.93. The van der Waals surface area contributed by atoms with Crippen molar-refractivity contribution in [2.75, 3.05) is 0 Å². The molecule has 0 amide bonds. The molecule has 0 aromatic carbocycles. The monoisotopic (exact) mass is 323 g/mol. The molecule has 1 atom stereocenters. The molecule has 0 aliphatic carbocycles. The van der Waals surface area contributed by atoms with Crippen LogP contribution in [0.25, 0.3) is 10.6 Å². The highest BCUT2D eigenvalue weighted by molar-refractivity contribution is 9.15. The van der Waals surface area contributed by atoms with Gasteiger partial charge >= 0.3 is 0 Å². The first kappa shape index (κ1) is 18.1. The van der Waals surface area contributed by atoms with E-state index in [1.807, 2.05) is 0 Å². The molecule has 0 aliphatic rings. The molecule has 0 fully saturated rings. The third-order valence-electron chi connectivity index (χ3n) is 2.89. The van der Waals surface area contributed by atoms with E-state index in [9.17, 15) is 0 Å². The van der Waals surface area contributed by atoms with Crippen molar-refractivity contribution in [2.24, 2.45) is 5.92 Å². The van der Waals surface area contributed by atoms with Gasteiger partial charge in [0.15, 0.2) is 0 Å². The minimum absolute atomic E-state index is 0.449. The highest BCUT2D eigenvalue weighted by Crippen LogP contribution is 2.27. The van der Waals surface area contributed by atoms with Gasteiger partial charge in [0.25, 0.3) is 0 Å². The van der Waals surface area contributed by atoms with Crippen molar-refractivity contribution in [1.29, 1.82) is 0 Å². The lowest BCUT2D eigenvalue weighted by molar-refractivity contribution is 0.523. The number of nitrogens with zero attached hydrogens (tertiary/aromatic N) is 1. The number of hydrogen-bond acceptors (Lipinski definition) is 1. The Labute approximate surface area is 127 Å². The van der Waals surface area contributed by atoms with Gasteiger partial charge in [-0.1, -0.05) is 66.3 Å². The molecule has 106 valence electrons. The first-order chi connectivity index (χ1) is 8.88. The summed E-state index contributed by atoms with van der Waals surface area (Å²) in [6.45, 7) is 18.5. The third-order valence-corrected chi connectivity index (χ3v) is 3.27. The van der Waals surface area contributed by atoms with Gasteiger partial charge in [-0.3, -0.25) is 4.98 Å². The highest BCUT2D eigenvalue weighted by Gasteiger charge is 2.13. The maximum absolute atomic E-state index is 4.65. The Morgan fingerprint density at radius 3 is 2.21 bits per heavy atom. The quantitative estimate of drug-likeness (QED) is 0.636. The fourth-order valence-corrected chi connectivity index (χ4v) is 1.78. The Morgan fingerprint density at radius 1 is 1.32 bits per heavy atom. The predicted octanol–water partition coefficient (Wildman–Crippen LogP) is 6.27. The fourth-order valence-electron chi connectivity index (χ4n) is 1.46. The summed E-state index contributed by atoms with van der Waals surface area (Å²) >= 11 is 3.39. The Bertz CT molecular complexity index is 421. The molecule has 0 N–H and O–H groups in total. The Hall–Kier alpha value is -0.890. The Balaban J connectivity index is 0.000000982. The molecule has 0 radical (unpaired) electrons. The number of aromatic nitrogens is 1. The molecule has 0 aliphatic heterocycles. The van der Waals surface area contributed by atoms with E-state index in [4.69, 9.17) is 0 Å². The first-order valence-electron chi connectivity index (χ1n) is 6.87. The topological polar surface area (TPSA) is 12.9 Å². The Morgan fingerprint density at radius 2 is 1.84 bits per heavy atom. The maximum atomic E-state index is 4.65. The van der Waals surface area contributed by atoms with Crippen molar-refractivity contribution in [1.82, 2.24) is 4.98 Å². The van der Waals surface area contributed by atoms with Crippen LogP contribution in [0, 0.1) is 5.92 Å². The number of rotatable bonds is 4. The predicted molar refractivity (Wildman–Crippen MR) is 91.5 cm³/mol. The van der Waals surface area contributed by atoms with Crippen molar-refractivity contribution in [2.45, 2.75) is 47.0 Å². The van der Waals surface area contributed by atoms with Crippen molar-refractivity contribution in [3.05, 3.63) is 42.2 Å². The largest absolute Gasteiger partial charge is 0.251 e. The number of hydrogen-bond donors (Lipinski definition) is 0. The standard InChI is InChI=1S/C14H18BrN.C3H8/c1-6-12-7-8-13(10(4)9(2)3)16-14(12)11(5)15;1-3-2/h6-10H,1,5H2,2-4H3;3H2,1-2H3. The van der Waals surface area contributed by atoms with Gasteiger partial charge < -0.3 is 0 Å². The van der Waals surface area contributed by atoms with Gasteiger partial charge in [0.05, 0.1) is 5.69 Å². The molecule has 1 nitrogen and oxygen atoms in total. The zero-order valence-electron chi connectivity index (χ0n) is 12.8. The van der Waals surface area contributed by atoms with Gasteiger partial charge in [-0.2, -0.15) is 0 Å². The zero-order chi connectivity index (χ0) is 15.0. The van der Waals surface area contributed by atoms with E-state index < -0.39 is 0 Å². The first-order valence-corrected chi connectivity index (χ1v) is 7.66. The normalized spacial score (nSPS) is 11.5. The lowest BCUT2D eigenvalue weighted by Gasteiger charge is -2.16. The molecule has 19 heavy (non-hydrogen) atoms. The van der Waals surface area contributed by atoms with Crippen molar-refractivity contribution in [3.8, 4) is 0 Å². The third kappa shape index (κ3) is 5.73. The summed E-state index contributed by atoms with van der Waals surface area (Å²) in [6.07, 6.45) is 3.05. The SMILES string of the molecule is C=Cc1ccc(C(C)C(C)C)nc1C(=C)Br.CCC. The maximum Gasteiger partial charge on any atom is 0.0841 e. The lowest BCUT2D eigenvalue weighted by Crippen LogP contribution is -2.06.